The van der Waals surface area contributed by atoms with E-state index in [-0.39, 0.29) is 5.92 Å². The molecule has 2 rings (SSSR count). The van der Waals surface area contributed by atoms with E-state index >= 15 is 0 Å². The van der Waals surface area contributed by atoms with Gasteiger partial charge in [-0.2, -0.15) is 0 Å². The number of carbonyl (C=O) groups excluding carboxylic acids is 1. The first-order chi connectivity index (χ1) is 7.70. The van der Waals surface area contributed by atoms with Gasteiger partial charge in [-0.1, -0.05) is 5.16 Å². The zero-order valence-electron chi connectivity index (χ0n) is 9.90. The Kier molecular flexibility index (Phi) is 3.39. The second kappa shape index (κ2) is 4.78. The van der Waals surface area contributed by atoms with Crippen molar-refractivity contribution in [2.24, 2.45) is 5.92 Å². The fourth-order valence-corrected chi connectivity index (χ4v) is 2.30. The van der Waals surface area contributed by atoms with Crippen LogP contribution in [0.2, 0.25) is 0 Å². The van der Waals surface area contributed by atoms with Crippen LogP contribution in [-0.2, 0) is 11.3 Å². The summed E-state index contributed by atoms with van der Waals surface area (Å²) in [4.78, 5) is 13.1. The van der Waals surface area contributed by atoms with Gasteiger partial charge in [-0.15, -0.1) is 0 Å². The van der Waals surface area contributed by atoms with Crippen molar-refractivity contribution in [1.82, 2.24) is 10.1 Å². The zero-order chi connectivity index (χ0) is 11.5. The molecular weight excluding hydrogens is 204 g/mol. The van der Waals surface area contributed by atoms with E-state index in [1.165, 1.54) is 5.56 Å². The van der Waals surface area contributed by atoms with Gasteiger partial charge in [-0.05, 0) is 33.2 Å². The van der Waals surface area contributed by atoms with E-state index < -0.39 is 0 Å². The van der Waals surface area contributed by atoms with Crippen LogP contribution in [0.3, 0.4) is 0 Å². The molecule has 1 unspecified atom stereocenters. The van der Waals surface area contributed by atoms with Gasteiger partial charge in [-0.25, -0.2) is 0 Å². The van der Waals surface area contributed by atoms with Crippen LogP contribution >= 0.6 is 0 Å². The molecule has 0 amide bonds. The molecule has 0 N–H and O–H groups in total. The standard InChI is InChI=1S/C12H18N2O2/c1-9-12(10(2)16-13-9)7-14-5-3-4-11(6-14)8-15/h8,11H,3-7H2,1-2H3. The minimum absolute atomic E-state index is 0.203. The van der Waals surface area contributed by atoms with Crippen molar-refractivity contribution in [2.75, 3.05) is 13.1 Å². The highest BCUT2D eigenvalue weighted by molar-refractivity contribution is 5.53. The smallest absolute Gasteiger partial charge is 0.138 e. The number of rotatable bonds is 3. The molecule has 1 aliphatic heterocycles. The van der Waals surface area contributed by atoms with Gasteiger partial charge < -0.3 is 9.32 Å². The van der Waals surface area contributed by atoms with E-state index in [1.807, 2.05) is 13.8 Å². The largest absolute Gasteiger partial charge is 0.361 e. The molecule has 2 heterocycles. The first-order valence-corrected chi connectivity index (χ1v) is 5.80. The summed E-state index contributed by atoms with van der Waals surface area (Å²) in [6.07, 6.45) is 3.22. The predicted molar refractivity (Wildman–Crippen MR) is 60.0 cm³/mol. The van der Waals surface area contributed by atoms with Crippen molar-refractivity contribution in [3.63, 3.8) is 0 Å². The lowest BCUT2D eigenvalue weighted by Crippen LogP contribution is -2.35. The first-order valence-electron chi connectivity index (χ1n) is 5.80. The third-order valence-corrected chi connectivity index (χ3v) is 3.30. The van der Waals surface area contributed by atoms with Crippen LogP contribution in [0.1, 0.15) is 29.9 Å². The van der Waals surface area contributed by atoms with Gasteiger partial charge in [0, 0.05) is 24.6 Å². The summed E-state index contributed by atoms with van der Waals surface area (Å²) in [5, 5.41) is 3.95. The van der Waals surface area contributed by atoms with Crippen LogP contribution in [-0.4, -0.2) is 29.4 Å². The fraction of sp³-hybridized carbons (Fsp3) is 0.667. The maximum Gasteiger partial charge on any atom is 0.138 e. The average molecular weight is 222 g/mol. The number of likely N-dealkylation sites (tertiary alicyclic amines) is 1. The van der Waals surface area contributed by atoms with Crippen LogP contribution < -0.4 is 0 Å². The van der Waals surface area contributed by atoms with Crippen molar-refractivity contribution in [3.8, 4) is 0 Å². The molecule has 0 saturated carbocycles. The van der Waals surface area contributed by atoms with E-state index in [4.69, 9.17) is 4.52 Å². The van der Waals surface area contributed by atoms with Gasteiger partial charge in [0.1, 0.15) is 12.0 Å². The van der Waals surface area contributed by atoms with Crippen molar-refractivity contribution < 1.29 is 9.32 Å². The molecule has 4 nitrogen and oxygen atoms in total. The maximum atomic E-state index is 10.8. The Morgan fingerprint density at radius 3 is 3.00 bits per heavy atom. The molecule has 1 saturated heterocycles. The number of carbonyl (C=O) groups is 1. The summed E-state index contributed by atoms with van der Waals surface area (Å²) in [6.45, 7) is 6.69. The summed E-state index contributed by atoms with van der Waals surface area (Å²) >= 11 is 0. The van der Waals surface area contributed by atoms with Gasteiger partial charge in [0.2, 0.25) is 0 Å². The van der Waals surface area contributed by atoms with E-state index in [1.54, 1.807) is 0 Å². The van der Waals surface area contributed by atoms with Gasteiger partial charge >= 0.3 is 0 Å². The molecule has 1 aliphatic rings. The predicted octanol–water partition coefficient (Wildman–Crippen LogP) is 1.70. The Labute approximate surface area is 95.6 Å². The molecule has 4 heteroatoms. The number of nitrogens with zero attached hydrogens (tertiary/aromatic N) is 2. The van der Waals surface area contributed by atoms with Crippen LogP contribution in [0, 0.1) is 19.8 Å². The van der Waals surface area contributed by atoms with Crippen molar-refractivity contribution in [2.45, 2.75) is 33.2 Å². The van der Waals surface area contributed by atoms with Crippen LogP contribution in [0.15, 0.2) is 4.52 Å². The molecule has 0 bridgehead atoms. The highest BCUT2D eigenvalue weighted by atomic mass is 16.5. The van der Waals surface area contributed by atoms with Gasteiger partial charge in [-0.3, -0.25) is 4.90 Å². The second-order valence-corrected chi connectivity index (χ2v) is 4.58. The Bertz CT molecular complexity index is 354. The van der Waals surface area contributed by atoms with Crippen LogP contribution in [0.25, 0.3) is 0 Å². The van der Waals surface area contributed by atoms with Crippen molar-refractivity contribution >= 4 is 6.29 Å². The molecule has 16 heavy (non-hydrogen) atoms. The van der Waals surface area contributed by atoms with Crippen LogP contribution in [0.5, 0.6) is 0 Å². The van der Waals surface area contributed by atoms with E-state index in [0.29, 0.717) is 0 Å². The lowest BCUT2D eigenvalue weighted by atomic mass is 9.99. The Morgan fingerprint density at radius 2 is 2.38 bits per heavy atom. The number of aldehydes is 1. The summed E-state index contributed by atoms with van der Waals surface area (Å²) in [5.41, 5.74) is 2.14. The monoisotopic (exact) mass is 222 g/mol. The minimum atomic E-state index is 0.203. The van der Waals surface area contributed by atoms with E-state index in [9.17, 15) is 4.79 Å². The summed E-state index contributed by atoms with van der Waals surface area (Å²) < 4.78 is 5.14. The quantitative estimate of drug-likeness (QED) is 0.730. The molecule has 0 spiro atoms. The normalized spacial score (nSPS) is 22.2. The zero-order valence-corrected chi connectivity index (χ0v) is 9.90. The maximum absolute atomic E-state index is 10.8. The lowest BCUT2D eigenvalue weighted by Gasteiger charge is -2.29. The minimum Gasteiger partial charge on any atom is -0.361 e. The molecule has 1 aromatic heterocycles. The molecule has 0 aromatic carbocycles. The Hall–Kier alpha value is -1.16. The van der Waals surface area contributed by atoms with E-state index in [2.05, 4.69) is 10.1 Å². The second-order valence-electron chi connectivity index (χ2n) is 4.58. The molecular formula is C12H18N2O2. The van der Waals surface area contributed by atoms with E-state index in [0.717, 1.165) is 50.2 Å². The molecule has 0 radical (unpaired) electrons. The Morgan fingerprint density at radius 1 is 1.56 bits per heavy atom. The van der Waals surface area contributed by atoms with Crippen LogP contribution in [0.4, 0.5) is 0 Å². The topological polar surface area (TPSA) is 46.3 Å². The number of hydrogen-bond donors (Lipinski definition) is 0. The van der Waals surface area contributed by atoms with Gasteiger partial charge in [0.25, 0.3) is 0 Å². The SMILES string of the molecule is Cc1noc(C)c1CN1CCCC(C=O)C1. The van der Waals surface area contributed by atoms with Gasteiger partial charge in [0.15, 0.2) is 0 Å². The number of aryl methyl sites for hydroxylation is 2. The highest BCUT2D eigenvalue weighted by Gasteiger charge is 2.21. The Balaban J connectivity index is 2.01. The number of hydrogen-bond acceptors (Lipinski definition) is 4. The number of aromatic nitrogens is 1. The highest BCUT2D eigenvalue weighted by Crippen LogP contribution is 2.20. The van der Waals surface area contributed by atoms with Gasteiger partial charge in [0.05, 0.1) is 5.69 Å². The molecule has 1 aromatic rings. The first kappa shape index (κ1) is 11.3. The molecule has 0 aliphatic carbocycles. The molecule has 88 valence electrons. The number of piperidine rings is 1. The average Bonchev–Trinajstić information content (AvgIpc) is 2.61. The third-order valence-electron chi connectivity index (χ3n) is 3.30. The molecule has 1 atom stereocenters. The lowest BCUT2D eigenvalue weighted by molar-refractivity contribution is -0.112. The fourth-order valence-electron chi connectivity index (χ4n) is 2.30. The summed E-state index contributed by atoms with van der Waals surface area (Å²) in [6, 6.07) is 0. The summed E-state index contributed by atoms with van der Waals surface area (Å²) in [5.74, 6) is 1.10. The van der Waals surface area contributed by atoms with Crippen molar-refractivity contribution in [1.29, 1.82) is 0 Å². The summed E-state index contributed by atoms with van der Waals surface area (Å²) in [7, 11) is 0. The third kappa shape index (κ3) is 2.32. The molecule has 1 fully saturated rings. The van der Waals surface area contributed by atoms with Crippen molar-refractivity contribution in [3.05, 3.63) is 17.0 Å².